The van der Waals surface area contributed by atoms with Crippen molar-refractivity contribution in [2.24, 2.45) is 0 Å². The van der Waals surface area contributed by atoms with Crippen molar-refractivity contribution in [3.8, 4) is 0 Å². The van der Waals surface area contributed by atoms with Crippen molar-refractivity contribution in [2.75, 3.05) is 40.6 Å². The van der Waals surface area contributed by atoms with Crippen LogP contribution in [0.2, 0.25) is 0 Å². The first-order chi connectivity index (χ1) is 16.7. The lowest BCUT2D eigenvalue weighted by Crippen LogP contribution is -2.43. The number of benzene rings is 1. The van der Waals surface area contributed by atoms with Crippen molar-refractivity contribution in [3.05, 3.63) is 23.3 Å². The standard InChI is InChI=1S/C26H44B2O8/c1-23(2)24(3,4)34-27(33-23)21-15-20(18-32-14-12-30-10)22(16-19(21)17-31-13-11-29-9)28-35-25(5,6)26(7,8)36-28/h15-16H,11-14,17-18H2,1-10H3. The van der Waals surface area contributed by atoms with E-state index in [1.54, 1.807) is 14.2 Å². The van der Waals surface area contributed by atoms with Crippen LogP contribution < -0.4 is 10.9 Å². The fourth-order valence-corrected chi connectivity index (χ4v) is 4.01. The van der Waals surface area contributed by atoms with Gasteiger partial charge < -0.3 is 37.6 Å². The Balaban J connectivity index is 2.02. The molecular weight excluding hydrogens is 462 g/mol. The topological polar surface area (TPSA) is 73.8 Å². The van der Waals surface area contributed by atoms with E-state index in [1.165, 1.54) is 0 Å². The zero-order valence-corrected chi connectivity index (χ0v) is 23.8. The van der Waals surface area contributed by atoms with Crippen molar-refractivity contribution in [1.29, 1.82) is 0 Å². The highest BCUT2D eigenvalue weighted by Crippen LogP contribution is 2.38. The Morgan fingerprint density at radius 1 is 0.556 bits per heavy atom. The lowest BCUT2D eigenvalue weighted by molar-refractivity contribution is 0.00578. The minimum atomic E-state index is -0.541. The summed E-state index contributed by atoms with van der Waals surface area (Å²) in [6, 6.07) is 4.18. The van der Waals surface area contributed by atoms with E-state index in [9.17, 15) is 0 Å². The number of rotatable bonds is 12. The van der Waals surface area contributed by atoms with Crippen LogP contribution in [0.1, 0.15) is 66.5 Å². The zero-order chi connectivity index (χ0) is 26.8. The Kier molecular flexibility index (Phi) is 9.38. The van der Waals surface area contributed by atoms with Gasteiger partial charge in [-0.25, -0.2) is 0 Å². The highest BCUT2D eigenvalue weighted by atomic mass is 16.7. The van der Waals surface area contributed by atoms with Crippen LogP contribution in [0.15, 0.2) is 12.1 Å². The summed E-state index contributed by atoms with van der Waals surface area (Å²) >= 11 is 0. The first-order valence-electron chi connectivity index (χ1n) is 12.7. The number of methoxy groups -OCH3 is 2. The molecule has 2 saturated heterocycles. The second-order valence-electron chi connectivity index (χ2n) is 11.5. The molecule has 2 heterocycles. The molecule has 0 atom stereocenters. The second kappa shape index (κ2) is 11.4. The third-order valence-electron chi connectivity index (χ3n) is 7.79. The maximum Gasteiger partial charge on any atom is 0.495 e. The van der Waals surface area contributed by atoms with Gasteiger partial charge in [-0.15, -0.1) is 0 Å². The smallest absolute Gasteiger partial charge is 0.399 e. The summed E-state index contributed by atoms with van der Waals surface area (Å²) in [6.45, 7) is 19.1. The molecule has 2 aliphatic rings. The third kappa shape index (κ3) is 6.35. The van der Waals surface area contributed by atoms with E-state index in [2.05, 4.69) is 67.5 Å². The van der Waals surface area contributed by atoms with Crippen molar-refractivity contribution in [2.45, 2.75) is 91.0 Å². The molecule has 0 radical (unpaired) electrons. The van der Waals surface area contributed by atoms with E-state index in [1.807, 2.05) is 0 Å². The monoisotopic (exact) mass is 506 g/mol. The predicted octanol–water partition coefficient (Wildman–Crippen LogP) is 2.61. The van der Waals surface area contributed by atoms with E-state index >= 15 is 0 Å². The van der Waals surface area contributed by atoms with Crippen LogP contribution in [0.5, 0.6) is 0 Å². The Labute approximate surface area is 217 Å². The largest absolute Gasteiger partial charge is 0.495 e. The van der Waals surface area contributed by atoms with Gasteiger partial charge in [0, 0.05) is 14.2 Å². The molecule has 0 amide bonds. The van der Waals surface area contributed by atoms with Crippen molar-refractivity contribution < 1.29 is 37.6 Å². The summed E-state index contributed by atoms with van der Waals surface area (Å²) in [6.07, 6.45) is 0. The van der Waals surface area contributed by atoms with Crippen LogP contribution in [-0.2, 0) is 50.8 Å². The van der Waals surface area contributed by atoms with E-state index in [0.717, 1.165) is 22.1 Å². The van der Waals surface area contributed by atoms with E-state index < -0.39 is 36.6 Å². The second-order valence-corrected chi connectivity index (χ2v) is 11.5. The summed E-state index contributed by atoms with van der Waals surface area (Å²) < 4.78 is 47.9. The minimum absolute atomic E-state index is 0.375. The molecule has 0 aliphatic carbocycles. The molecule has 0 unspecified atom stereocenters. The summed E-state index contributed by atoms with van der Waals surface area (Å²) in [5, 5.41) is 0. The number of ether oxygens (including phenoxy) is 4. The Hall–Kier alpha value is -0.970. The number of hydrogen-bond acceptors (Lipinski definition) is 8. The van der Waals surface area contributed by atoms with Gasteiger partial charge in [-0.3, -0.25) is 0 Å². The van der Waals surface area contributed by atoms with Crippen LogP contribution in [0.25, 0.3) is 0 Å². The molecule has 0 spiro atoms. The summed E-state index contributed by atoms with van der Waals surface area (Å²) in [7, 11) is 2.24. The van der Waals surface area contributed by atoms with Crippen LogP contribution in [0, 0.1) is 0 Å². The maximum atomic E-state index is 6.42. The zero-order valence-electron chi connectivity index (χ0n) is 23.8. The van der Waals surface area contributed by atoms with E-state index in [-0.39, 0.29) is 0 Å². The summed E-state index contributed by atoms with van der Waals surface area (Å²) in [5.74, 6) is 0. The molecule has 3 rings (SSSR count). The van der Waals surface area contributed by atoms with Gasteiger partial charge in [0.25, 0.3) is 0 Å². The number of hydrogen-bond donors (Lipinski definition) is 0. The molecule has 1 aromatic rings. The molecule has 36 heavy (non-hydrogen) atoms. The molecule has 8 nitrogen and oxygen atoms in total. The van der Waals surface area contributed by atoms with Crippen LogP contribution in [0.4, 0.5) is 0 Å². The fourth-order valence-electron chi connectivity index (χ4n) is 4.01. The lowest BCUT2D eigenvalue weighted by Gasteiger charge is -2.32. The Bertz CT molecular complexity index is 783. The highest BCUT2D eigenvalue weighted by Gasteiger charge is 2.54. The summed E-state index contributed by atoms with van der Waals surface area (Å²) in [5.41, 5.74) is 1.87. The molecule has 2 fully saturated rings. The third-order valence-corrected chi connectivity index (χ3v) is 7.79. The van der Waals surface area contributed by atoms with Gasteiger partial charge >= 0.3 is 14.2 Å². The molecule has 0 aromatic heterocycles. The van der Waals surface area contributed by atoms with E-state index in [4.69, 9.17) is 37.6 Å². The van der Waals surface area contributed by atoms with Gasteiger partial charge in [-0.2, -0.15) is 0 Å². The van der Waals surface area contributed by atoms with Gasteiger partial charge in [0.1, 0.15) is 0 Å². The van der Waals surface area contributed by atoms with Crippen molar-refractivity contribution in [1.82, 2.24) is 0 Å². The van der Waals surface area contributed by atoms with Gasteiger partial charge in [0.2, 0.25) is 0 Å². The van der Waals surface area contributed by atoms with Crippen LogP contribution in [-0.4, -0.2) is 77.3 Å². The van der Waals surface area contributed by atoms with Gasteiger partial charge in [-0.05, 0) is 77.4 Å². The molecular formula is C26H44B2O8. The molecule has 1 aromatic carbocycles. The maximum absolute atomic E-state index is 6.42. The quantitative estimate of drug-likeness (QED) is 0.317. The van der Waals surface area contributed by atoms with Crippen molar-refractivity contribution in [3.63, 3.8) is 0 Å². The van der Waals surface area contributed by atoms with Gasteiger partial charge in [-0.1, -0.05) is 12.1 Å². The van der Waals surface area contributed by atoms with Crippen molar-refractivity contribution >= 4 is 25.2 Å². The predicted molar refractivity (Wildman–Crippen MR) is 141 cm³/mol. The lowest BCUT2D eigenvalue weighted by atomic mass is 9.69. The van der Waals surface area contributed by atoms with Gasteiger partial charge in [0.15, 0.2) is 0 Å². The first kappa shape index (κ1) is 29.6. The molecule has 202 valence electrons. The molecule has 2 aliphatic heterocycles. The minimum Gasteiger partial charge on any atom is -0.399 e. The summed E-state index contributed by atoms with van der Waals surface area (Å²) in [4.78, 5) is 0. The SMILES string of the molecule is COCCOCc1cc(B2OC(C)(C)C(C)(C)O2)c(COCCOC)cc1B1OC(C)(C)C(C)(C)O1. The average molecular weight is 506 g/mol. The van der Waals surface area contributed by atoms with E-state index in [0.29, 0.717) is 39.6 Å². The Morgan fingerprint density at radius 3 is 1.14 bits per heavy atom. The van der Waals surface area contributed by atoms with Crippen LogP contribution >= 0.6 is 0 Å². The molecule has 0 saturated carbocycles. The van der Waals surface area contributed by atoms with Gasteiger partial charge in [0.05, 0.1) is 62.0 Å². The Morgan fingerprint density at radius 2 is 0.861 bits per heavy atom. The molecule has 10 heteroatoms. The van der Waals surface area contributed by atoms with Crippen LogP contribution in [0.3, 0.4) is 0 Å². The molecule has 0 N–H and O–H groups in total. The normalized spacial score (nSPS) is 21.9. The first-order valence-corrected chi connectivity index (χ1v) is 12.7. The molecule has 0 bridgehead atoms. The fraction of sp³-hybridized carbons (Fsp3) is 0.769. The highest BCUT2D eigenvalue weighted by molar-refractivity contribution is 6.65. The average Bonchev–Trinajstić information content (AvgIpc) is 3.13.